The Morgan fingerprint density at radius 1 is 1.27 bits per heavy atom. The second-order valence-electron chi connectivity index (χ2n) is 7.33. The predicted octanol–water partition coefficient (Wildman–Crippen LogP) is 2.02. The molecule has 0 aliphatic carbocycles. The summed E-state index contributed by atoms with van der Waals surface area (Å²) in [5.74, 6) is 0.394. The van der Waals surface area contributed by atoms with Crippen molar-refractivity contribution in [1.29, 1.82) is 0 Å². The topological polar surface area (TPSA) is 69.7 Å². The van der Waals surface area contributed by atoms with Gasteiger partial charge in [-0.05, 0) is 62.9 Å². The van der Waals surface area contributed by atoms with Gasteiger partial charge in [0.2, 0.25) is 10.0 Å². The number of nitrogens with one attached hydrogen (secondary N) is 1. The third-order valence-corrected chi connectivity index (χ3v) is 7.30. The molecule has 0 bridgehead atoms. The van der Waals surface area contributed by atoms with Crippen molar-refractivity contribution in [3.8, 4) is 0 Å². The third kappa shape index (κ3) is 4.45. The second kappa shape index (κ2) is 8.50. The molecule has 0 unspecified atom stereocenters. The fourth-order valence-corrected chi connectivity index (χ4v) is 4.98. The highest BCUT2D eigenvalue weighted by atomic mass is 32.2. The van der Waals surface area contributed by atoms with Crippen LogP contribution in [0.3, 0.4) is 0 Å². The number of amides is 1. The number of likely N-dealkylation sites (N-methyl/N-ethyl adjacent to an activating group) is 2. The number of piperidine rings is 1. The summed E-state index contributed by atoms with van der Waals surface area (Å²) in [5.41, 5.74) is 1.97. The maximum absolute atomic E-state index is 13.2. The van der Waals surface area contributed by atoms with E-state index in [4.69, 9.17) is 0 Å². The minimum Gasteiger partial charge on any atom is -0.340 e. The summed E-state index contributed by atoms with van der Waals surface area (Å²) in [5, 5.41) is 3.01. The van der Waals surface area contributed by atoms with Crippen LogP contribution in [0.4, 0.5) is 0 Å². The van der Waals surface area contributed by atoms with Gasteiger partial charge in [-0.1, -0.05) is 6.92 Å². The van der Waals surface area contributed by atoms with E-state index in [9.17, 15) is 13.2 Å². The molecule has 1 amide bonds. The van der Waals surface area contributed by atoms with Gasteiger partial charge < -0.3 is 10.2 Å². The Labute approximate surface area is 157 Å². The van der Waals surface area contributed by atoms with Crippen molar-refractivity contribution >= 4 is 15.9 Å². The first-order valence-electron chi connectivity index (χ1n) is 9.20. The van der Waals surface area contributed by atoms with Crippen LogP contribution < -0.4 is 5.32 Å². The summed E-state index contributed by atoms with van der Waals surface area (Å²) in [4.78, 5) is 14.6. The highest BCUT2D eigenvalue weighted by Gasteiger charge is 2.30. The number of carbonyl (C=O) groups excluding carboxylic acids is 1. The van der Waals surface area contributed by atoms with Gasteiger partial charge in [-0.15, -0.1) is 0 Å². The molecule has 1 N–H and O–H groups in total. The van der Waals surface area contributed by atoms with Crippen molar-refractivity contribution < 1.29 is 13.2 Å². The summed E-state index contributed by atoms with van der Waals surface area (Å²) < 4.78 is 27.9. The Kier molecular flexibility index (Phi) is 6.82. The van der Waals surface area contributed by atoms with E-state index in [0.717, 1.165) is 24.0 Å². The Hall–Kier alpha value is -1.44. The largest absolute Gasteiger partial charge is 0.340 e. The highest BCUT2D eigenvalue weighted by molar-refractivity contribution is 7.89. The van der Waals surface area contributed by atoms with Crippen LogP contribution in [0.5, 0.6) is 0 Å². The molecule has 6 nitrogen and oxygen atoms in total. The van der Waals surface area contributed by atoms with Gasteiger partial charge in [0.25, 0.3) is 5.91 Å². The standard InChI is InChI=1S/C19H31N3O3S/c1-14-6-9-22(10-7-14)26(24,25)18-13-17(12-15(2)16(18)3)19(23)21(5)11-8-20-4/h12-14,20H,6-11H2,1-5H3. The number of hydrogen-bond donors (Lipinski definition) is 1. The second-order valence-corrected chi connectivity index (χ2v) is 9.24. The normalized spacial score (nSPS) is 16.7. The molecule has 146 valence electrons. The van der Waals surface area contributed by atoms with Crippen molar-refractivity contribution in [2.75, 3.05) is 40.3 Å². The van der Waals surface area contributed by atoms with E-state index < -0.39 is 10.0 Å². The smallest absolute Gasteiger partial charge is 0.253 e. The van der Waals surface area contributed by atoms with Gasteiger partial charge in [0, 0.05) is 38.8 Å². The van der Waals surface area contributed by atoms with E-state index in [2.05, 4.69) is 12.2 Å². The van der Waals surface area contributed by atoms with Crippen LogP contribution in [0.25, 0.3) is 0 Å². The van der Waals surface area contributed by atoms with E-state index in [1.54, 1.807) is 28.4 Å². The molecule has 26 heavy (non-hydrogen) atoms. The number of aryl methyl sites for hydroxylation is 1. The van der Waals surface area contributed by atoms with Gasteiger partial charge in [0.1, 0.15) is 0 Å². The molecular formula is C19H31N3O3S. The van der Waals surface area contributed by atoms with Crippen LogP contribution in [-0.4, -0.2) is 63.8 Å². The predicted molar refractivity (Wildman–Crippen MR) is 104 cm³/mol. The van der Waals surface area contributed by atoms with Crippen LogP contribution >= 0.6 is 0 Å². The third-order valence-electron chi connectivity index (χ3n) is 5.27. The average molecular weight is 382 g/mol. The van der Waals surface area contributed by atoms with Gasteiger partial charge in [-0.2, -0.15) is 4.31 Å². The van der Waals surface area contributed by atoms with E-state index in [1.807, 2.05) is 20.9 Å². The molecule has 0 aromatic heterocycles. The summed E-state index contributed by atoms with van der Waals surface area (Å²) >= 11 is 0. The van der Waals surface area contributed by atoms with E-state index in [0.29, 0.717) is 37.7 Å². The highest BCUT2D eigenvalue weighted by Crippen LogP contribution is 2.28. The number of benzene rings is 1. The molecule has 0 radical (unpaired) electrons. The van der Waals surface area contributed by atoms with Crippen molar-refractivity contribution in [3.05, 3.63) is 28.8 Å². The van der Waals surface area contributed by atoms with Crippen LogP contribution in [0.15, 0.2) is 17.0 Å². The SMILES string of the molecule is CNCCN(C)C(=O)c1cc(C)c(C)c(S(=O)(=O)N2CCC(C)CC2)c1. The minimum atomic E-state index is -3.59. The Morgan fingerprint density at radius 2 is 1.88 bits per heavy atom. The molecule has 7 heteroatoms. The molecule has 0 atom stereocenters. The molecule has 0 saturated carbocycles. The minimum absolute atomic E-state index is 0.160. The van der Waals surface area contributed by atoms with Gasteiger partial charge in [-0.3, -0.25) is 4.79 Å². The van der Waals surface area contributed by atoms with E-state index in [1.165, 1.54) is 0 Å². The quantitative estimate of drug-likeness (QED) is 0.818. The monoisotopic (exact) mass is 381 g/mol. The zero-order valence-corrected chi connectivity index (χ0v) is 17.3. The lowest BCUT2D eigenvalue weighted by molar-refractivity contribution is 0.0796. The summed E-state index contributed by atoms with van der Waals surface area (Å²) in [6.45, 7) is 8.16. The molecule has 1 saturated heterocycles. The van der Waals surface area contributed by atoms with Gasteiger partial charge in [-0.25, -0.2) is 8.42 Å². The maximum Gasteiger partial charge on any atom is 0.253 e. The Balaban J connectivity index is 2.37. The van der Waals surface area contributed by atoms with Crippen LogP contribution in [0.1, 0.15) is 41.3 Å². The number of nitrogens with zero attached hydrogens (tertiary/aromatic N) is 2. The van der Waals surface area contributed by atoms with Crippen LogP contribution in [0, 0.1) is 19.8 Å². The number of hydrogen-bond acceptors (Lipinski definition) is 4. The van der Waals surface area contributed by atoms with Crippen molar-refractivity contribution in [2.45, 2.75) is 38.5 Å². The fourth-order valence-electron chi connectivity index (χ4n) is 3.18. The van der Waals surface area contributed by atoms with E-state index >= 15 is 0 Å². The van der Waals surface area contributed by atoms with Crippen LogP contribution in [0.2, 0.25) is 0 Å². The lowest BCUT2D eigenvalue weighted by atomic mass is 10.0. The average Bonchev–Trinajstić information content (AvgIpc) is 2.61. The zero-order chi connectivity index (χ0) is 19.5. The Morgan fingerprint density at radius 3 is 2.46 bits per heavy atom. The molecule has 1 aromatic rings. The molecule has 1 fully saturated rings. The van der Waals surface area contributed by atoms with Gasteiger partial charge >= 0.3 is 0 Å². The summed E-state index contributed by atoms with van der Waals surface area (Å²) in [7, 11) is -0.0240. The van der Waals surface area contributed by atoms with Crippen molar-refractivity contribution in [1.82, 2.24) is 14.5 Å². The number of carbonyl (C=O) groups is 1. The van der Waals surface area contributed by atoms with Gasteiger partial charge in [0.15, 0.2) is 0 Å². The van der Waals surface area contributed by atoms with Crippen molar-refractivity contribution in [2.24, 2.45) is 5.92 Å². The fraction of sp³-hybridized carbons (Fsp3) is 0.632. The molecule has 1 heterocycles. The molecule has 1 aromatic carbocycles. The Bertz CT molecular complexity index is 754. The summed E-state index contributed by atoms with van der Waals surface area (Å²) in [6, 6.07) is 3.33. The number of sulfonamides is 1. The van der Waals surface area contributed by atoms with E-state index in [-0.39, 0.29) is 10.8 Å². The lowest BCUT2D eigenvalue weighted by Crippen LogP contribution is -2.38. The lowest BCUT2D eigenvalue weighted by Gasteiger charge is -2.30. The molecule has 0 spiro atoms. The molecule has 2 rings (SSSR count). The summed E-state index contributed by atoms with van der Waals surface area (Å²) in [6.07, 6.45) is 1.76. The first-order valence-corrected chi connectivity index (χ1v) is 10.6. The van der Waals surface area contributed by atoms with Crippen molar-refractivity contribution in [3.63, 3.8) is 0 Å². The zero-order valence-electron chi connectivity index (χ0n) is 16.5. The number of rotatable bonds is 6. The molecular weight excluding hydrogens is 350 g/mol. The van der Waals surface area contributed by atoms with Gasteiger partial charge in [0.05, 0.1) is 4.90 Å². The first-order chi connectivity index (χ1) is 12.2. The first kappa shape index (κ1) is 20.9. The molecule has 1 aliphatic rings. The maximum atomic E-state index is 13.2. The van der Waals surface area contributed by atoms with Crippen LogP contribution in [-0.2, 0) is 10.0 Å². The molecule has 1 aliphatic heterocycles.